The van der Waals surface area contributed by atoms with Gasteiger partial charge < -0.3 is 4.74 Å². The summed E-state index contributed by atoms with van der Waals surface area (Å²) in [5.41, 5.74) is -0.407. The standard InChI is InChI=1S/C18H15NO4/c1-2-23-16(21)14-13-15(20)19-17(22)18(13,14)12-8-7-10-5-3-4-6-11(10)9-12/h3-9,13-14H,2H2,1H3,(H,19,20,22)/t13-,14?,18+/m0/s1. The molecule has 5 heteroatoms. The Hall–Kier alpha value is -2.69. The second-order valence-electron chi connectivity index (χ2n) is 5.96. The third-order valence-corrected chi connectivity index (χ3v) is 4.87. The van der Waals surface area contributed by atoms with E-state index >= 15 is 0 Å². The molecule has 1 aliphatic heterocycles. The van der Waals surface area contributed by atoms with Gasteiger partial charge in [0.05, 0.1) is 18.4 Å². The van der Waals surface area contributed by atoms with Gasteiger partial charge in [0.2, 0.25) is 11.8 Å². The Bertz CT molecular complexity index is 859. The van der Waals surface area contributed by atoms with E-state index < -0.39 is 29.1 Å². The van der Waals surface area contributed by atoms with Gasteiger partial charge in [-0.25, -0.2) is 0 Å². The minimum atomic E-state index is -1.10. The second kappa shape index (κ2) is 4.65. The minimum Gasteiger partial charge on any atom is -0.466 e. The van der Waals surface area contributed by atoms with Crippen LogP contribution in [-0.4, -0.2) is 24.4 Å². The van der Waals surface area contributed by atoms with Crippen molar-refractivity contribution >= 4 is 28.6 Å². The van der Waals surface area contributed by atoms with Crippen molar-refractivity contribution in [2.45, 2.75) is 12.3 Å². The molecule has 1 N–H and O–H groups in total. The quantitative estimate of drug-likeness (QED) is 0.689. The highest BCUT2D eigenvalue weighted by Gasteiger charge is 2.81. The van der Waals surface area contributed by atoms with Crippen molar-refractivity contribution in [2.75, 3.05) is 6.61 Å². The average Bonchev–Trinajstić information content (AvgIpc) is 3.19. The van der Waals surface area contributed by atoms with Crippen LogP contribution in [0.4, 0.5) is 0 Å². The lowest BCUT2D eigenvalue weighted by Crippen LogP contribution is -2.36. The number of piperidine rings is 1. The van der Waals surface area contributed by atoms with E-state index in [0.717, 1.165) is 10.8 Å². The molecule has 4 rings (SSSR count). The molecular formula is C18H15NO4. The first-order valence-electron chi connectivity index (χ1n) is 7.62. The molecule has 2 aromatic carbocycles. The van der Waals surface area contributed by atoms with Gasteiger partial charge in [-0.1, -0.05) is 42.5 Å². The molecule has 1 aliphatic carbocycles. The van der Waals surface area contributed by atoms with Crippen molar-refractivity contribution in [1.29, 1.82) is 0 Å². The number of nitrogens with one attached hydrogen (secondary N) is 1. The molecule has 1 unspecified atom stereocenters. The predicted octanol–water partition coefficient (Wildman–Crippen LogP) is 1.54. The largest absolute Gasteiger partial charge is 0.466 e. The maximum Gasteiger partial charge on any atom is 0.311 e. The molecule has 23 heavy (non-hydrogen) atoms. The van der Waals surface area contributed by atoms with Crippen LogP contribution in [0, 0.1) is 11.8 Å². The van der Waals surface area contributed by atoms with Crippen LogP contribution in [0.25, 0.3) is 10.8 Å². The number of fused-ring (bicyclic) bond motifs is 2. The van der Waals surface area contributed by atoms with E-state index in [1.165, 1.54) is 0 Å². The van der Waals surface area contributed by atoms with Gasteiger partial charge in [-0.2, -0.15) is 0 Å². The van der Waals surface area contributed by atoms with E-state index in [0.29, 0.717) is 5.56 Å². The lowest BCUT2D eigenvalue weighted by atomic mass is 9.90. The predicted molar refractivity (Wildman–Crippen MR) is 82.4 cm³/mol. The second-order valence-corrected chi connectivity index (χ2v) is 5.96. The number of ether oxygens (including phenoxy) is 1. The Morgan fingerprint density at radius 1 is 1.17 bits per heavy atom. The number of carbonyl (C=O) groups excluding carboxylic acids is 3. The van der Waals surface area contributed by atoms with Gasteiger partial charge in [-0.15, -0.1) is 0 Å². The summed E-state index contributed by atoms with van der Waals surface area (Å²) >= 11 is 0. The molecule has 0 spiro atoms. The molecule has 1 heterocycles. The molecule has 5 nitrogen and oxygen atoms in total. The van der Waals surface area contributed by atoms with E-state index in [1.807, 2.05) is 42.5 Å². The van der Waals surface area contributed by atoms with E-state index in [2.05, 4.69) is 5.32 Å². The number of rotatable bonds is 3. The van der Waals surface area contributed by atoms with Crippen LogP contribution in [-0.2, 0) is 24.5 Å². The lowest BCUT2D eigenvalue weighted by Gasteiger charge is -2.14. The highest BCUT2D eigenvalue weighted by Crippen LogP contribution is 2.63. The average molecular weight is 309 g/mol. The van der Waals surface area contributed by atoms with Gasteiger partial charge in [-0.3, -0.25) is 19.7 Å². The zero-order valence-corrected chi connectivity index (χ0v) is 12.5. The van der Waals surface area contributed by atoms with Crippen LogP contribution in [0.15, 0.2) is 42.5 Å². The first-order chi connectivity index (χ1) is 11.1. The summed E-state index contributed by atoms with van der Waals surface area (Å²) in [5, 5.41) is 4.36. The molecule has 2 fully saturated rings. The van der Waals surface area contributed by atoms with Gasteiger partial charge in [0.15, 0.2) is 0 Å². The number of hydrogen-bond donors (Lipinski definition) is 1. The van der Waals surface area contributed by atoms with Gasteiger partial charge in [0.1, 0.15) is 5.41 Å². The van der Waals surface area contributed by atoms with Crippen LogP contribution < -0.4 is 5.32 Å². The van der Waals surface area contributed by atoms with Crippen LogP contribution in [0.5, 0.6) is 0 Å². The summed E-state index contributed by atoms with van der Waals surface area (Å²) in [6.45, 7) is 1.94. The summed E-state index contributed by atoms with van der Waals surface area (Å²) in [6, 6.07) is 13.4. The van der Waals surface area contributed by atoms with Gasteiger partial charge in [0.25, 0.3) is 0 Å². The number of hydrogen-bond acceptors (Lipinski definition) is 4. The highest BCUT2D eigenvalue weighted by atomic mass is 16.5. The molecule has 0 aromatic heterocycles. The highest BCUT2D eigenvalue weighted by molar-refractivity contribution is 6.20. The third-order valence-electron chi connectivity index (χ3n) is 4.87. The van der Waals surface area contributed by atoms with Crippen molar-refractivity contribution in [2.24, 2.45) is 11.8 Å². The first kappa shape index (κ1) is 13.9. The molecule has 1 saturated heterocycles. The van der Waals surface area contributed by atoms with Crippen molar-refractivity contribution < 1.29 is 19.1 Å². The van der Waals surface area contributed by atoms with Gasteiger partial charge >= 0.3 is 5.97 Å². The molecule has 0 bridgehead atoms. The first-order valence-corrected chi connectivity index (χ1v) is 7.62. The Labute approximate surface area is 132 Å². The Kier molecular flexibility index (Phi) is 2.82. The summed E-state index contributed by atoms with van der Waals surface area (Å²) in [7, 11) is 0. The maximum absolute atomic E-state index is 12.5. The molecule has 2 aliphatic rings. The van der Waals surface area contributed by atoms with E-state index in [1.54, 1.807) is 6.92 Å². The number of amides is 2. The van der Waals surface area contributed by atoms with Crippen LogP contribution in [0.2, 0.25) is 0 Å². The molecule has 2 aromatic rings. The molecule has 116 valence electrons. The minimum absolute atomic E-state index is 0.228. The van der Waals surface area contributed by atoms with E-state index in [4.69, 9.17) is 4.74 Å². The van der Waals surface area contributed by atoms with Crippen molar-refractivity contribution in [1.82, 2.24) is 5.32 Å². The fourth-order valence-corrected chi connectivity index (χ4v) is 3.81. The number of carbonyl (C=O) groups is 3. The van der Waals surface area contributed by atoms with Crippen LogP contribution in [0.3, 0.4) is 0 Å². The Morgan fingerprint density at radius 2 is 1.91 bits per heavy atom. The normalized spacial score (nSPS) is 28.4. The number of benzene rings is 2. The summed E-state index contributed by atoms with van der Waals surface area (Å²) < 4.78 is 5.06. The molecule has 0 radical (unpaired) electrons. The molecule has 1 saturated carbocycles. The van der Waals surface area contributed by atoms with Crippen molar-refractivity contribution in [3.63, 3.8) is 0 Å². The monoisotopic (exact) mass is 309 g/mol. The smallest absolute Gasteiger partial charge is 0.311 e. The fourth-order valence-electron chi connectivity index (χ4n) is 3.81. The topological polar surface area (TPSA) is 72.5 Å². The van der Waals surface area contributed by atoms with Crippen molar-refractivity contribution in [3.8, 4) is 0 Å². The zero-order chi connectivity index (χ0) is 16.2. The zero-order valence-electron chi connectivity index (χ0n) is 12.5. The number of esters is 1. The third kappa shape index (κ3) is 1.70. The van der Waals surface area contributed by atoms with Crippen LogP contribution in [0.1, 0.15) is 12.5 Å². The Morgan fingerprint density at radius 3 is 2.65 bits per heavy atom. The number of imide groups is 1. The van der Waals surface area contributed by atoms with Gasteiger partial charge in [0, 0.05) is 0 Å². The molecule has 2 amide bonds. The fraction of sp³-hybridized carbons (Fsp3) is 0.278. The van der Waals surface area contributed by atoms with Crippen molar-refractivity contribution in [3.05, 3.63) is 48.0 Å². The molecule has 3 atom stereocenters. The maximum atomic E-state index is 12.5. The lowest BCUT2D eigenvalue weighted by molar-refractivity contribution is -0.148. The SMILES string of the molecule is CCOC(=O)C1[C@H]2C(=O)NC(=O)[C@@]12c1ccc2ccccc2c1. The molecular weight excluding hydrogens is 294 g/mol. The van der Waals surface area contributed by atoms with Crippen LogP contribution >= 0.6 is 0 Å². The summed E-state index contributed by atoms with van der Waals surface area (Å²) in [4.78, 5) is 36.7. The summed E-state index contributed by atoms with van der Waals surface area (Å²) in [6.07, 6.45) is 0. The summed E-state index contributed by atoms with van der Waals surface area (Å²) in [5.74, 6) is -2.64. The van der Waals surface area contributed by atoms with Gasteiger partial charge in [-0.05, 0) is 23.3 Å². The Balaban J connectivity index is 1.84. The van der Waals surface area contributed by atoms with E-state index in [9.17, 15) is 14.4 Å². The van der Waals surface area contributed by atoms with E-state index in [-0.39, 0.29) is 12.5 Å².